The molecule has 1 saturated carbocycles. The van der Waals surface area contributed by atoms with E-state index in [1.54, 1.807) is 19.0 Å². The van der Waals surface area contributed by atoms with Crippen LogP contribution < -0.4 is 10.6 Å². The largest absolute Gasteiger partial charge is 0.354 e. The van der Waals surface area contributed by atoms with Crippen LogP contribution in [0.3, 0.4) is 0 Å². The number of halogens is 1. The highest BCUT2D eigenvalue weighted by Gasteiger charge is 2.24. The number of benzene rings is 1. The van der Waals surface area contributed by atoms with Crippen molar-refractivity contribution in [3.8, 4) is 0 Å². The standard InChI is InChI=1S/C25H41N5O.HI/c1-4-20-11-8-12-23(17-20)28-25(26-18-24(31)29(2)3)27-22-13-15-30(16-14-22)19-21-9-6-5-7-10-21;/h5-7,9-10,20,22-23H,4,8,11-19H2,1-3H3,(H2,26,27,28);1H. The monoisotopic (exact) mass is 555 g/mol. The molecule has 1 amide bonds. The van der Waals surface area contributed by atoms with E-state index in [9.17, 15) is 4.79 Å². The summed E-state index contributed by atoms with van der Waals surface area (Å²) >= 11 is 0. The number of amides is 1. The number of carbonyl (C=O) groups excluding carboxylic acids is 1. The third-order valence-electron chi connectivity index (χ3n) is 6.75. The minimum absolute atomic E-state index is 0. The topological polar surface area (TPSA) is 60.0 Å². The van der Waals surface area contributed by atoms with Gasteiger partial charge in [-0.2, -0.15) is 0 Å². The minimum Gasteiger partial charge on any atom is -0.354 e. The maximum Gasteiger partial charge on any atom is 0.243 e. The summed E-state index contributed by atoms with van der Waals surface area (Å²) in [6.45, 7) is 5.67. The van der Waals surface area contributed by atoms with Crippen LogP contribution in [0.2, 0.25) is 0 Å². The number of guanidine groups is 1. The van der Waals surface area contributed by atoms with E-state index in [0.29, 0.717) is 12.1 Å². The zero-order valence-corrected chi connectivity index (χ0v) is 22.4. The van der Waals surface area contributed by atoms with Crippen molar-refractivity contribution < 1.29 is 4.79 Å². The van der Waals surface area contributed by atoms with Crippen LogP contribution in [0, 0.1) is 5.92 Å². The van der Waals surface area contributed by atoms with Gasteiger partial charge in [0.15, 0.2) is 5.96 Å². The van der Waals surface area contributed by atoms with Gasteiger partial charge < -0.3 is 15.5 Å². The number of nitrogens with one attached hydrogen (secondary N) is 2. The summed E-state index contributed by atoms with van der Waals surface area (Å²) in [6, 6.07) is 11.6. The highest BCUT2D eigenvalue weighted by Crippen LogP contribution is 2.26. The molecule has 7 heteroatoms. The Bertz CT molecular complexity index is 704. The molecule has 180 valence electrons. The van der Waals surface area contributed by atoms with Gasteiger partial charge in [-0.25, -0.2) is 4.99 Å². The zero-order valence-electron chi connectivity index (χ0n) is 20.1. The summed E-state index contributed by atoms with van der Waals surface area (Å²) in [4.78, 5) is 20.9. The molecule has 0 spiro atoms. The van der Waals surface area contributed by atoms with Crippen molar-refractivity contribution in [2.24, 2.45) is 10.9 Å². The van der Waals surface area contributed by atoms with Gasteiger partial charge in [0.05, 0.1) is 0 Å². The maximum atomic E-state index is 12.1. The van der Waals surface area contributed by atoms with Gasteiger partial charge in [0, 0.05) is 45.8 Å². The highest BCUT2D eigenvalue weighted by atomic mass is 127. The van der Waals surface area contributed by atoms with E-state index in [1.807, 2.05) is 0 Å². The number of hydrogen-bond acceptors (Lipinski definition) is 3. The van der Waals surface area contributed by atoms with Gasteiger partial charge in [0.2, 0.25) is 5.91 Å². The Labute approximate surface area is 211 Å². The van der Waals surface area contributed by atoms with Gasteiger partial charge in [-0.1, -0.05) is 56.5 Å². The lowest BCUT2D eigenvalue weighted by Gasteiger charge is -2.35. The van der Waals surface area contributed by atoms with E-state index >= 15 is 0 Å². The molecule has 2 aliphatic rings. The third kappa shape index (κ3) is 8.89. The van der Waals surface area contributed by atoms with Gasteiger partial charge in [0.1, 0.15) is 6.54 Å². The van der Waals surface area contributed by atoms with Crippen LogP contribution >= 0.6 is 24.0 Å². The summed E-state index contributed by atoms with van der Waals surface area (Å²) in [7, 11) is 3.57. The van der Waals surface area contributed by atoms with Gasteiger partial charge >= 0.3 is 0 Å². The van der Waals surface area contributed by atoms with Crippen LogP contribution in [0.4, 0.5) is 0 Å². The van der Waals surface area contributed by atoms with E-state index in [2.05, 4.69) is 57.8 Å². The first kappa shape index (κ1) is 26.9. The molecule has 1 saturated heterocycles. The van der Waals surface area contributed by atoms with Crippen LogP contribution in [0.1, 0.15) is 57.4 Å². The average Bonchev–Trinajstić information content (AvgIpc) is 2.79. The number of hydrogen-bond donors (Lipinski definition) is 2. The molecule has 32 heavy (non-hydrogen) atoms. The lowest BCUT2D eigenvalue weighted by molar-refractivity contribution is -0.127. The number of aliphatic imine (C=N–C) groups is 1. The van der Waals surface area contributed by atoms with Crippen LogP contribution in [0.15, 0.2) is 35.3 Å². The number of carbonyl (C=O) groups is 1. The second kappa shape index (κ2) is 14.0. The van der Waals surface area contributed by atoms with Crippen LogP contribution in [-0.4, -0.2) is 67.5 Å². The Morgan fingerprint density at radius 2 is 1.75 bits per heavy atom. The molecular weight excluding hydrogens is 513 g/mol. The molecule has 2 unspecified atom stereocenters. The van der Waals surface area contributed by atoms with Crippen molar-refractivity contribution in [3.05, 3.63) is 35.9 Å². The molecule has 2 N–H and O–H groups in total. The smallest absolute Gasteiger partial charge is 0.243 e. The molecule has 2 fully saturated rings. The van der Waals surface area contributed by atoms with Gasteiger partial charge in [-0.15, -0.1) is 24.0 Å². The zero-order chi connectivity index (χ0) is 22.1. The number of piperidine rings is 1. The lowest BCUT2D eigenvalue weighted by atomic mass is 9.84. The molecule has 1 aromatic carbocycles. The first-order valence-electron chi connectivity index (χ1n) is 12.1. The summed E-state index contributed by atoms with van der Waals surface area (Å²) in [5.41, 5.74) is 1.38. The number of nitrogens with zero attached hydrogens (tertiary/aromatic N) is 3. The third-order valence-corrected chi connectivity index (χ3v) is 6.75. The number of rotatable bonds is 7. The van der Waals surface area contributed by atoms with Crippen LogP contribution in [0.5, 0.6) is 0 Å². The molecule has 1 aromatic rings. The van der Waals surface area contributed by atoms with Gasteiger partial charge in [0.25, 0.3) is 0 Å². The van der Waals surface area contributed by atoms with Crippen molar-refractivity contribution in [2.75, 3.05) is 33.7 Å². The van der Waals surface area contributed by atoms with Crippen molar-refractivity contribution in [3.63, 3.8) is 0 Å². The highest BCUT2D eigenvalue weighted by molar-refractivity contribution is 14.0. The summed E-state index contributed by atoms with van der Waals surface area (Å²) in [5.74, 6) is 1.66. The molecule has 1 aliphatic heterocycles. The lowest BCUT2D eigenvalue weighted by Crippen LogP contribution is -2.51. The molecule has 3 rings (SSSR count). The average molecular weight is 556 g/mol. The fourth-order valence-electron chi connectivity index (χ4n) is 4.68. The molecule has 1 heterocycles. The van der Waals surface area contributed by atoms with Crippen molar-refractivity contribution in [1.29, 1.82) is 0 Å². The molecule has 0 radical (unpaired) electrons. The van der Waals surface area contributed by atoms with E-state index in [-0.39, 0.29) is 36.4 Å². The SMILES string of the molecule is CCC1CCCC(NC(=NCC(=O)N(C)C)NC2CCN(Cc3ccccc3)CC2)C1.I. The minimum atomic E-state index is 0. The van der Waals surface area contributed by atoms with Crippen molar-refractivity contribution in [2.45, 2.75) is 70.5 Å². The fourth-order valence-corrected chi connectivity index (χ4v) is 4.68. The van der Waals surface area contributed by atoms with E-state index in [4.69, 9.17) is 0 Å². The quantitative estimate of drug-likeness (QED) is 0.305. The molecule has 0 bridgehead atoms. The Morgan fingerprint density at radius 3 is 2.41 bits per heavy atom. The van der Waals surface area contributed by atoms with Crippen molar-refractivity contribution >= 4 is 35.8 Å². The first-order chi connectivity index (χ1) is 15.0. The number of likely N-dealkylation sites (tertiary alicyclic amines) is 1. The Balaban J connectivity index is 0.00000363. The normalized spacial score (nSPS) is 22.7. The van der Waals surface area contributed by atoms with E-state index < -0.39 is 0 Å². The predicted octanol–water partition coefficient (Wildman–Crippen LogP) is 3.86. The van der Waals surface area contributed by atoms with Crippen LogP contribution in [-0.2, 0) is 11.3 Å². The molecular formula is C25H42IN5O. The summed E-state index contributed by atoms with van der Waals surface area (Å²) in [6.07, 6.45) is 8.44. The molecule has 2 atom stereocenters. The van der Waals surface area contributed by atoms with Crippen molar-refractivity contribution in [1.82, 2.24) is 20.4 Å². The van der Waals surface area contributed by atoms with E-state index in [0.717, 1.165) is 44.4 Å². The van der Waals surface area contributed by atoms with Gasteiger partial charge in [-0.3, -0.25) is 9.69 Å². The molecule has 1 aliphatic carbocycles. The van der Waals surface area contributed by atoms with E-state index in [1.165, 1.54) is 37.7 Å². The summed E-state index contributed by atoms with van der Waals surface area (Å²) < 4.78 is 0. The van der Waals surface area contributed by atoms with Crippen LogP contribution in [0.25, 0.3) is 0 Å². The number of likely N-dealkylation sites (N-methyl/N-ethyl adjacent to an activating group) is 1. The predicted molar refractivity (Wildman–Crippen MR) is 143 cm³/mol. The Kier molecular flexibility index (Phi) is 11.8. The summed E-state index contributed by atoms with van der Waals surface area (Å²) in [5, 5.41) is 7.32. The second-order valence-electron chi connectivity index (χ2n) is 9.42. The maximum absolute atomic E-state index is 12.1. The Morgan fingerprint density at radius 1 is 1.06 bits per heavy atom. The molecule has 0 aromatic heterocycles. The Hall–Kier alpha value is -1.35. The fraction of sp³-hybridized carbons (Fsp3) is 0.680. The van der Waals surface area contributed by atoms with Gasteiger partial charge in [-0.05, 0) is 37.2 Å². The first-order valence-corrected chi connectivity index (χ1v) is 12.1. The second-order valence-corrected chi connectivity index (χ2v) is 9.42. The molecule has 6 nitrogen and oxygen atoms in total.